The van der Waals surface area contributed by atoms with Crippen molar-refractivity contribution in [2.75, 3.05) is 0 Å². The second-order valence-corrected chi connectivity index (χ2v) is 23.5. The summed E-state index contributed by atoms with van der Waals surface area (Å²) in [5, 5.41) is 11.1. The molecule has 0 amide bonds. The second-order valence-electron chi connectivity index (χ2n) is 22.8. The minimum Gasteiger partial charge on any atom is -0.346 e. The van der Waals surface area contributed by atoms with Gasteiger partial charge < -0.3 is 13.8 Å². The summed E-state index contributed by atoms with van der Waals surface area (Å²) < 4.78 is 0. The summed E-state index contributed by atoms with van der Waals surface area (Å²) in [6, 6.07) is 82.4. The van der Waals surface area contributed by atoms with Crippen molar-refractivity contribution in [3.05, 3.63) is 300 Å². The smallest absolute Gasteiger partial charge is 0.346 e. The van der Waals surface area contributed by atoms with Gasteiger partial charge in [0.05, 0.1) is 0 Å². The van der Waals surface area contributed by atoms with Gasteiger partial charge in [-0.2, -0.15) is 84.8 Å². The monoisotopic (exact) mass is 1340 g/mol. The zero-order valence-corrected chi connectivity index (χ0v) is 63.2. The molecule has 0 heterocycles. The molecule has 12 aromatic carbocycles. The van der Waals surface area contributed by atoms with Gasteiger partial charge in [-0.05, 0) is 47.6 Å². The molecule has 0 aromatic heterocycles. The van der Waals surface area contributed by atoms with Crippen LogP contribution in [0.5, 0.6) is 0 Å². The summed E-state index contributed by atoms with van der Waals surface area (Å²) in [7, 11) is 3.47. The maximum absolute atomic E-state index is 3.25. The normalized spacial score (nSPS) is 10.2. The van der Waals surface area contributed by atoms with Gasteiger partial charge in [-0.25, -0.2) is 0 Å². The van der Waals surface area contributed by atoms with E-state index in [2.05, 4.69) is 278 Å². The van der Waals surface area contributed by atoms with E-state index in [4.69, 9.17) is 0 Å². The molecule has 88 heavy (non-hydrogen) atoms. The van der Waals surface area contributed by atoms with Crippen molar-refractivity contribution in [3.8, 4) is 22.3 Å². The topological polar surface area (TPSA) is 0 Å². The van der Waals surface area contributed by atoms with Crippen molar-refractivity contribution < 1.29 is 52.4 Å². The quantitative estimate of drug-likeness (QED) is 0.0946. The van der Waals surface area contributed by atoms with Gasteiger partial charge >= 0.3 is 52.4 Å². The fraction of sp³-hybridized carbons (Fsp3) is 0.238. The molecule has 4 heteroatoms. The SMILES string of the molecule is CCc1cc2c(-c3ccccc3)cccc2[cH-]1.CCc1cc2c(-c3ccccc3)cccc2[cH-]1.Cc1cc2c(C(C)C)cc(C(C)C)cc2[cH-]1.Cc1cc2c(C(C)C)cc(C(C)C)cc2[cH-]1.[CH2-]C.[CH2-]C.[SiH2]=[C-]c1ccccc1.[SiH2]=[C-]c1ccccc1.[Zr+4].[Zr+4]. The molecule has 0 aliphatic heterocycles. The van der Waals surface area contributed by atoms with Crippen molar-refractivity contribution in [1.29, 1.82) is 0 Å². The van der Waals surface area contributed by atoms with Crippen molar-refractivity contribution in [3.63, 3.8) is 0 Å². The van der Waals surface area contributed by atoms with Crippen LogP contribution < -0.4 is 0 Å². The predicted octanol–water partition coefficient (Wildman–Crippen LogP) is 22.2. The molecule has 0 aliphatic carbocycles. The van der Waals surface area contributed by atoms with E-state index < -0.39 is 0 Å². The summed E-state index contributed by atoms with van der Waals surface area (Å²) in [4.78, 5) is 0. The Morgan fingerprint density at radius 3 is 0.943 bits per heavy atom. The summed E-state index contributed by atoms with van der Waals surface area (Å²) >= 11 is 0. The minimum absolute atomic E-state index is 0. The Morgan fingerprint density at radius 1 is 0.352 bits per heavy atom. The van der Waals surface area contributed by atoms with E-state index >= 15 is 0 Å². The number of benzene rings is 8. The molecule has 0 radical (unpaired) electrons. The van der Waals surface area contributed by atoms with Crippen LogP contribution in [-0.4, -0.2) is 31.1 Å². The molecule has 0 nitrogen and oxygen atoms in total. The van der Waals surface area contributed by atoms with Crippen molar-refractivity contribution in [1.82, 2.24) is 0 Å². The molecule has 12 aromatic rings. The molecule has 0 fully saturated rings. The molecule has 12 rings (SSSR count). The molecule has 0 spiro atoms. The van der Waals surface area contributed by atoms with Crippen LogP contribution in [-0.2, 0) is 65.2 Å². The van der Waals surface area contributed by atoms with Gasteiger partial charge in [-0.3, -0.25) is 0 Å². The van der Waals surface area contributed by atoms with Crippen LogP contribution >= 0.6 is 0 Å². The van der Waals surface area contributed by atoms with E-state index in [0.717, 1.165) is 12.8 Å². The molecule has 0 saturated carbocycles. The fourth-order valence-electron chi connectivity index (χ4n) is 10.5. The van der Waals surface area contributed by atoms with Gasteiger partial charge in [-0.15, -0.1) is 150 Å². The first-order valence-electron chi connectivity index (χ1n) is 31.1. The number of fused-ring (bicyclic) bond motifs is 4. The fourth-order valence-corrected chi connectivity index (χ4v) is 11.0. The average molecular weight is 1340 g/mol. The van der Waals surface area contributed by atoms with Crippen molar-refractivity contribution >= 4 is 74.1 Å². The molecule has 0 saturated heterocycles. The van der Waals surface area contributed by atoms with Gasteiger partial charge in [0.25, 0.3) is 0 Å². The van der Waals surface area contributed by atoms with Gasteiger partial charge in [0.15, 0.2) is 0 Å². The van der Waals surface area contributed by atoms with Crippen LogP contribution in [0.1, 0.15) is 162 Å². The van der Waals surface area contributed by atoms with E-state index in [-0.39, 0.29) is 52.4 Å². The molecule has 0 atom stereocenters. The Hall–Kier alpha value is -5.86. The third kappa shape index (κ3) is 22.3. The summed E-state index contributed by atoms with van der Waals surface area (Å²) in [5.74, 6) is 2.42. The van der Waals surface area contributed by atoms with Gasteiger partial charge in [0.2, 0.25) is 0 Å². The van der Waals surface area contributed by atoms with Crippen LogP contribution in [0, 0.1) is 27.7 Å². The first-order chi connectivity index (χ1) is 41.6. The maximum Gasteiger partial charge on any atom is 4.00 e. The molecule has 0 bridgehead atoms. The van der Waals surface area contributed by atoms with Crippen LogP contribution in [0.4, 0.5) is 0 Å². The zero-order chi connectivity index (χ0) is 62.7. The van der Waals surface area contributed by atoms with E-state index in [9.17, 15) is 0 Å². The molecule has 0 unspecified atom stereocenters. The van der Waals surface area contributed by atoms with Gasteiger partial charge in [0.1, 0.15) is 0 Å². The number of hydrogen-bond acceptors (Lipinski definition) is 0. The number of hydrogen-bond donors (Lipinski definition) is 0. The molecular formula is C84H96Si2Zr2. The van der Waals surface area contributed by atoms with E-state index in [1.807, 2.05) is 60.7 Å². The van der Waals surface area contributed by atoms with Gasteiger partial charge in [0, 0.05) is 0 Å². The summed E-state index contributed by atoms with van der Waals surface area (Å²) in [6.45, 7) is 36.9. The molecule has 0 aliphatic rings. The van der Waals surface area contributed by atoms with E-state index in [1.54, 1.807) is 33.6 Å². The van der Waals surface area contributed by atoms with Crippen LogP contribution in [0.3, 0.4) is 0 Å². The Balaban J connectivity index is 0.000000277. The third-order valence-electron chi connectivity index (χ3n) is 15.2. The maximum atomic E-state index is 3.25. The number of rotatable bonds is 10. The van der Waals surface area contributed by atoms with Crippen molar-refractivity contribution in [2.24, 2.45) is 0 Å². The Labute approximate surface area is 577 Å². The first-order valence-corrected chi connectivity index (χ1v) is 32.5. The molecular weight excluding hydrogens is 1250 g/mol. The third-order valence-corrected chi connectivity index (χ3v) is 16.0. The van der Waals surface area contributed by atoms with E-state index in [1.165, 1.54) is 121 Å². The standard InChI is InChI=1S/2C17H15.2C16H21.2C7H7Si.2C2H5.2Zr/c2*1-2-13-11-15-9-6-10-16(17(15)12-13)14-7-4-3-5-8-14;2*1-10(2)13-8-14-6-12(5)7-16(14)15(9-13)11(3)4;2*8-6-7-4-2-1-3-5-7;2*1-2;;/h2*3-12H,2H2,1H3;2*6-11H,1-5H3;2*1-5H,8H2;2*1H2,2H3;;/q8*-1;2*+4. The first kappa shape index (κ1) is 76.4. The molecule has 448 valence electrons. The largest absolute Gasteiger partial charge is 4.00 e. The summed E-state index contributed by atoms with van der Waals surface area (Å²) in [5.41, 5.74) is 25.2. The average Bonchev–Trinajstić information content (AvgIpc) is 1.91. The zero-order valence-electron chi connectivity index (χ0n) is 55.5. The van der Waals surface area contributed by atoms with Gasteiger partial charge in [-0.1, -0.05) is 233 Å². The molecule has 0 N–H and O–H groups in total. The van der Waals surface area contributed by atoms with Crippen LogP contribution in [0.15, 0.2) is 231 Å². The van der Waals surface area contributed by atoms with Crippen LogP contribution in [0.2, 0.25) is 0 Å². The van der Waals surface area contributed by atoms with Crippen molar-refractivity contribution in [2.45, 2.75) is 133 Å². The van der Waals surface area contributed by atoms with E-state index in [0.29, 0.717) is 23.7 Å². The second kappa shape index (κ2) is 40.0. The minimum atomic E-state index is 0. The number of aryl methyl sites for hydroxylation is 4. The van der Waals surface area contributed by atoms with Crippen LogP contribution in [0.25, 0.3) is 65.3 Å². The Morgan fingerprint density at radius 2 is 0.670 bits per heavy atom. The summed E-state index contributed by atoms with van der Waals surface area (Å²) in [6.07, 6.45) is 2.20. The predicted molar refractivity (Wildman–Crippen MR) is 394 cm³/mol. The Bertz CT molecular complexity index is 3630. The Kier molecular flexibility index (Phi) is 34.7.